The third-order valence-electron chi connectivity index (χ3n) is 4.08. The zero-order chi connectivity index (χ0) is 23.1. The Kier molecular flexibility index (Phi) is 8.28. The minimum absolute atomic E-state index is 0.0471. The molecule has 0 heterocycles. The molecule has 0 aliphatic carbocycles. The Morgan fingerprint density at radius 1 is 1.03 bits per heavy atom. The SMILES string of the molecule is CCOc1ccc(S(=O)(=O)NCCC(=O)NC(C)c2ccc(OC(F)(F)F)cc2)cc1. The summed E-state index contributed by atoms with van der Waals surface area (Å²) in [6, 6.07) is 10.5. The molecule has 2 rings (SSSR count). The van der Waals surface area contributed by atoms with Crippen LogP contribution in [0.2, 0.25) is 0 Å². The Labute approximate surface area is 178 Å². The molecule has 2 N–H and O–H groups in total. The van der Waals surface area contributed by atoms with E-state index >= 15 is 0 Å². The van der Waals surface area contributed by atoms with Crippen LogP contribution in [0.25, 0.3) is 0 Å². The third kappa shape index (κ3) is 8.10. The molecule has 0 saturated carbocycles. The first-order valence-electron chi connectivity index (χ1n) is 9.38. The zero-order valence-electron chi connectivity index (χ0n) is 16.9. The van der Waals surface area contributed by atoms with Crippen molar-refractivity contribution in [3.8, 4) is 11.5 Å². The summed E-state index contributed by atoms with van der Waals surface area (Å²) in [5.74, 6) is -0.233. The van der Waals surface area contributed by atoms with Crippen molar-refractivity contribution in [1.29, 1.82) is 0 Å². The number of hydrogen-bond acceptors (Lipinski definition) is 5. The minimum atomic E-state index is -4.78. The summed E-state index contributed by atoms with van der Waals surface area (Å²) in [5.41, 5.74) is 0.567. The molecule has 0 fully saturated rings. The molecule has 0 spiro atoms. The van der Waals surface area contributed by atoms with Crippen LogP contribution in [0, 0.1) is 0 Å². The Morgan fingerprint density at radius 3 is 2.16 bits per heavy atom. The molecule has 11 heteroatoms. The van der Waals surface area contributed by atoms with Gasteiger partial charge in [0.25, 0.3) is 0 Å². The Bertz CT molecular complexity index is 962. The number of benzene rings is 2. The second kappa shape index (κ2) is 10.5. The lowest BCUT2D eigenvalue weighted by atomic mass is 10.1. The van der Waals surface area contributed by atoms with Gasteiger partial charge in [0, 0.05) is 13.0 Å². The molecule has 7 nitrogen and oxygen atoms in total. The van der Waals surface area contributed by atoms with Crippen molar-refractivity contribution < 1.29 is 35.9 Å². The van der Waals surface area contributed by atoms with Gasteiger partial charge in [-0.3, -0.25) is 4.79 Å². The first kappa shape index (κ1) is 24.5. The fourth-order valence-corrected chi connectivity index (χ4v) is 3.65. The van der Waals surface area contributed by atoms with Crippen LogP contribution in [0.3, 0.4) is 0 Å². The molecule has 0 saturated heterocycles. The summed E-state index contributed by atoms with van der Waals surface area (Å²) in [7, 11) is -3.78. The third-order valence-corrected chi connectivity index (χ3v) is 5.56. The number of halogens is 3. The van der Waals surface area contributed by atoms with E-state index in [1.165, 1.54) is 36.4 Å². The maximum absolute atomic E-state index is 12.3. The second-order valence-corrected chi connectivity index (χ2v) is 8.23. The van der Waals surface area contributed by atoms with E-state index in [1.54, 1.807) is 6.92 Å². The molecular formula is C20H23F3N2O5S. The summed E-state index contributed by atoms with van der Waals surface area (Å²) >= 11 is 0. The Morgan fingerprint density at radius 2 is 1.61 bits per heavy atom. The quantitative estimate of drug-likeness (QED) is 0.566. The van der Waals surface area contributed by atoms with E-state index in [2.05, 4.69) is 14.8 Å². The van der Waals surface area contributed by atoms with Crippen molar-refractivity contribution in [2.24, 2.45) is 0 Å². The number of hydrogen-bond donors (Lipinski definition) is 2. The van der Waals surface area contributed by atoms with Gasteiger partial charge in [-0.1, -0.05) is 12.1 Å². The highest BCUT2D eigenvalue weighted by Crippen LogP contribution is 2.24. The highest BCUT2D eigenvalue weighted by atomic mass is 32.2. The van der Waals surface area contributed by atoms with Crippen LogP contribution < -0.4 is 19.5 Å². The lowest BCUT2D eigenvalue weighted by Gasteiger charge is -2.15. The van der Waals surface area contributed by atoms with Crippen molar-refractivity contribution in [3.63, 3.8) is 0 Å². The van der Waals surface area contributed by atoms with E-state index in [-0.39, 0.29) is 23.6 Å². The van der Waals surface area contributed by atoms with Crippen molar-refractivity contribution in [1.82, 2.24) is 10.0 Å². The fraction of sp³-hybridized carbons (Fsp3) is 0.350. The molecular weight excluding hydrogens is 437 g/mol. The number of rotatable bonds is 10. The topological polar surface area (TPSA) is 93.7 Å². The van der Waals surface area contributed by atoms with Gasteiger partial charge in [-0.2, -0.15) is 0 Å². The van der Waals surface area contributed by atoms with Crippen molar-refractivity contribution >= 4 is 15.9 Å². The van der Waals surface area contributed by atoms with Crippen LogP contribution in [-0.4, -0.2) is 33.8 Å². The first-order chi connectivity index (χ1) is 14.5. The molecule has 1 amide bonds. The van der Waals surface area contributed by atoms with E-state index in [1.807, 2.05) is 6.92 Å². The van der Waals surface area contributed by atoms with Crippen molar-refractivity contribution in [3.05, 3.63) is 54.1 Å². The average molecular weight is 460 g/mol. The Hall–Kier alpha value is -2.79. The summed E-state index contributed by atoms with van der Waals surface area (Å²) in [4.78, 5) is 12.1. The first-order valence-corrected chi connectivity index (χ1v) is 10.9. The van der Waals surface area contributed by atoms with Gasteiger partial charge in [-0.15, -0.1) is 13.2 Å². The molecule has 170 valence electrons. The highest BCUT2D eigenvalue weighted by Gasteiger charge is 2.31. The molecule has 0 radical (unpaired) electrons. The molecule has 2 aromatic rings. The number of alkyl halides is 3. The molecule has 1 atom stereocenters. The summed E-state index contributed by atoms with van der Waals surface area (Å²) in [5, 5.41) is 2.66. The largest absolute Gasteiger partial charge is 0.573 e. The molecule has 2 aromatic carbocycles. The van der Waals surface area contributed by atoms with Gasteiger partial charge in [-0.05, 0) is 55.8 Å². The number of carbonyl (C=O) groups is 1. The normalized spacial score (nSPS) is 12.8. The lowest BCUT2D eigenvalue weighted by molar-refractivity contribution is -0.274. The van der Waals surface area contributed by atoms with Crippen LogP contribution in [0.5, 0.6) is 11.5 Å². The maximum Gasteiger partial charge on any atom is 0.573 e. The van der Waals surface area contributed by atoms with Crippen LogP contribution in [0.4, 0.5) is 13.2 Å². The van der Waals surface area contributed by atoms with E-state index in [4.69, 9.17) is 4.74 Å². The van der Waals surface area contributed by atoms with Gasteiger partial charge >= 0.3 is 6.36 Å². The predicted molar refractivity (Wildman–Crippen MR) is 107 cm³/mol. The monoisotopic (exact) mass is 460 g/mol. The predicted octanol–water partition coefficient (Wildman–Crippen LogP) is 3.53. The van der Waals surface area contributed by atoms with Crippen molar-refractivity contribution in [2.75, 3.05) is 13.2 Å². The van der Waals surface area contributed by atoms with Gasteiger partial charge in [0.2, 0.25) is 15.9 Å². The van der Waals surface area contributed by atoms with Crippen molar-refractivity contribution in [2.45, 2.75) is 37.6 Å². The van der Waals surface area contributed by atoms with E-state index in [0.717, 1.165) is 12.1 Å². The van der Waals surface area contributed by atoms with Gasteiger partial charge < -0.3 is 14.8 Å². The maximum atomic E-state index is 12.3. The van der Waals surface area contributed by atoms with Crippen LogP contribution >= 0.6 is 0 Å². The molecule has 0 aromatic heterocycles. The average Bonchev–Trinajstić information content (AvgIpc) is 2.68. The van der Waals surface area contributed by atoms with Crippen LogP contribution in [-0.2, 0) is 14.8 Å². The standard InChI is InChI=1S/C20H23F3N2O5S/c1-3-29-16-8-10-18(11-9-16)31(27,28)24-13-12-19(26)25-14(2)15-4-6-17(7-5-15)30-20(21,22)23/h4-11,14,24H,3,12-13H2,1-2H3,(H,25,26). The number of carbonyl (C=O) groups excluding carboxylic acids is 1. The number of sulfonamides is 1. The van der Waals surface area contributed by atoms with E-state index in [0.29, 0.717) is 17.9 Å². The van der Waals surface area contributed by atoms with E-state index < -0.39 is 28.3 Å². The Balaban J connectivity index is 1.83. The van der Waals surface area contributed by atoms with Gasteiger partial charge in [-0.25, -0.2) is 13.1 Å². The smallest absolute Gasteiger partial charge is 0.494 e. The zero-order valence-corrected chi connectivity index (χ0v) is 17.7. The molecule has 31 heavy (non-hydrogen) atoms. The molecule has 1 unspecified atom stereocenters. The van der Waals surface area contributed by atoms with Crippen LogP contribution in [0.15, 0.2) is 53.4 Å². The number of amides is 1. The summed E-state index contributed by atoms with van der Waals surface area (Å²) in [6.07, 6.45) is -4.89. The second-order valence-electron chi connectivity index (χ2n) is 6.46. The summed E-state index contributed by atoms with van der Waals surface area (Å²) in [6.45, 7) is 3.81. The molecule has 0 bridgehead atoms. The lowest BCUT2D eigenvalue weighted by Crippen LogP contribution is -2.32. The number of nitrogens with one attached hydrogen (secondary N) is 2. The van der Waals surface area contributed by atoms with Gasteiger partial charge in [0.1, 0.15) is 11.5 Å². The van der Waals surface area contributed by atoms with Crippen LogP contribution in [0.1, 0.15) is 31.9 Å². The van der Waals surface area contributed by atoms with Gasteiger partial charge in [0.15, 0.2) is 0 Å². The molecule has 0 aliphatic heterocycles. The number of ether oxygens (including phenoxy) is 2. The van der Waals surface area contributed by atoms with E-state index in [9.17, 15) is 26.4 Å². The minimum Gasteiger partial charge on any atom is -0.494 e. The summed E-state index contributed by atoms with van der Waals surface area (Å²) < 4.78 is 72.6. The molecule has 0 aliphatic rings. The highest BCUT2D eigenvalue weighted by molar-refractivity contribution is 7.89. The van der Waals surface area contributed by atoms with Gasteiger partial charge in [0.05, 0.1) is 17.5 Å². The fourth-order valence-electron chi connectivity index (χ4n) is 2.62.